The summed E-state index contributed by atoms with van der Waals surface area (Å²) in [5, 5.41) is 27.4. The van der Waals surface area contributed by atoms with Gasteiger partial charge in [0.1, 0.15) is 6.20 Å². The molecule has 0 spiro atoms. The van der Waals surface area contributed by atoms with Crippen LogP contribution in [0.15, 0.2) is 47.7 Å². The zero-order chi connectivity index (χ0) is 24.9. The molecule has 4 atom stereocenters. The Morgan fingerprint density at radius 3 is 2.31 bits per heavy atom. The quantitative estimate of drug-likeness (QED) is 0.191. The minimum atomic E-state index is -0.708. The Bertz CT molecular complexity index is 1290. The number of nitrogens with zero attached hydrogens (tertiary/aromatic N) is 5. The Kier molecular flexibility index (Phi) is 5.23. The SMILES string of the molecule is COc1cc(C=NN2C(=O)C3C4C=CC(C4)C3C2=O)cc([N+](=O)[O-])c1Oc1ccc([N+](=O)[O-])cn1. The van der Waals surface area contributed by atoms with Gasteiger partial charge in [-0.25, -0.2) is 4.98 Å². The number of allylic oxidation sites excluding steroid dienone is 2. The highest BCUT2D eigenvalue weighted by Gasteiger charge is 2.59. The number of nitro groups is 2. The van der Waals surface area contributed by atoms with E-state index >= 15 is 0 Å². The van der Waals surface area contributed by atoms with E-state index in [0.29, 0.717) is 0 Å². The van der Waals surface area contributed by atoms with Crippen molar-refractivity contribution in [2.75, 3.05) is 7.11 Å². The molecule has 5 rings (SSSR count). The molecule has 2 fully saturated rings. The first kappa shape index (κ1) is 22.1. The van der Waals surface area contributed by atoms with Gasteiger partial charge in [-0.2, -0.15) is 10.1 Å². The number of rotatable bonds is 7. The monoisotopic (exact) mass is 479 g/mol. The molecule has 178 valence electrons. The van der Waals surface area contributed by atoms with Crippen LogP contribution in [-0.4, -0.2) is 45.0 Å². The second-order valence-corrected chi connectivity index (χ2v) is 8.28. The molecular formula is C22H17N5O8. The van der Waals surface area contributed by atoms with Gasteiger partial charge in [-0.05, 0) is 24.3 Å². The average Bonchev–Trinajstić information content (AvgIpc) is 3.52. The lowest BCUT2D eigenvalue weighted by Crippen LogP contribution is -2.28. The molecule has 1 aromatic carbocycles. The van der Waals surface area contributed by atoms with E-state index in [2.05, 4.69) is 10.1 Å². The third-order valence-electron chi connectivity index (χ3n) is 6.38. The van der Waals surface area contributed by atoms with Crippen LogP contribution in [0.1, 0.15) is 12.0 Å². The first-order chi connectivity index (χ1) is 16.8. The number of aromatic nitrogens is 1. The standard InChI is InChI=1S/C22H17N5O8/c1-34-16-7-11(9-24-25-21(28)18-12-2-3-13(8-12)19(18)22(25)29)6-15(27(32)33)20(16)35-17-5-4-14(10-23-17)26(30)31/h2-7,9-10,12-13,18-19H,8H2,1H3. The van der Waals surface area contributed by atoms with E-state index in [0.717, 1.165) is 29.8 Å². The van der Waals surface area contributed by atoms with Gasteiger partial charge in [0.2, 0.25) is 11.6 Å². The van der Waals surface area contributed by atoms with Gasteiger partial charge in [0, 0.05) is 23.8 Å². The Morgan fingerprint density at radius 1 is 1.09 bits per heavy atom. The van der Waals surface area contributed by atoms with Crippen molar-refractivity contribution >= 4 is 29.4 Å². The summed E-state index contributed by atoms with van der Waals surface area (Å²) in [6.07, 6.45) is 6.86. The first-order valence-electron chi connectivity index (χ1n) is 10.5. The van der Waals surface area contributed by atoms with E-state index in [1.54, 1.807) is 0 Å². The molecule has 3 aliphatic rings. The van der Waals surface area contributed by atoms with E-state index in [1.807, 2.05) is 12.2 Å². The summed E-state index contributed by atoms with van der Waals surface area (Å²) in [5.74, 6) is -1.95. The van der Waals surface area contributed by atoms with Crippen molar-refractivity contribution < 1.29 is 28.9 Å². The van der Waals surface area contributed by atoms with Gasteiger partial charge >= 0.3 is 5.69 Å². The van der Waals surface area contributed by atoms with Gasteiger partial charge in [-0.3, -0.25) is 29.8 Å². The number of carbonyl (C=O) groups excluding carboxylic acids is 2. The fourth-order valence-electron chi connectivity index (χ4n) is 4.84. The maximum atomic E-state index is 12.8. The van der Waals surface area contributed by atoms with Gasteiger partial charge in [0.15, 0.2) is 5.75 Å². The first-order valence-corrected chi connectivity index (χ1v) is 10.5. The summed E-state index contributed by atoms with van der Waals surface area (Å²) in [4.78, 5) is 50.5. The Hall–Kier alpha value is -4.68. The molecule has 1 aliphatic heterocycles. The summed E-state index contributed by atoms with van der Waals surface area (Å²) in [5.41, 5.74) is -0.579. The van der Waals surface area contributed by atoms with Crippen LogP contribution in [0.2, 0.25) is 0 Å². The normalized spacial score (nSPS) is 24.3. The van der Waals surface area contributed by atoms with Crippen LogP contribution in [0.4, 0.5) is 11.4 Å². The van der Waals surface area contributed by atoms with E-state index in [1.165, 1.54) is 25.5 Å². The number of ether oxygens (including phenoxy) is 2. The number of hydrogen-bond donors (Lipinski definition) is 0. The summed E-state index contributed by atoms with van der Waals surface area (Å²) in [7, 11) is 1.27. The number of imide groups is 1. The van der Waals surface area contributed by atoms with Crippen LogP contribution < -0.4 is 9.47 Å². The maximum absolute atomic E-state index is 12.8. The molecule has 1 aromatic heterocycles. The molecule has 4 unspecified atom stereocenters. The molecule has 0 N–H and O–H groups in total. The Labute approximate surface area is 196 Å². The lowest BCUT2D eigenvalue weighted by Gasteiger charge is -2.13. The second-order valence-electron chi connectivity index (χ2n) is 8.28. The van der Waals surface area contributed by atoms with E-state index < -0.39 is 27.4 Å². The van der Waals surface area contributed by atoms with E-state index in [4.69, 9.17) is 9.47 Å². The summed E-state index contributed by atoms with van der Waals surface area (Å²) < 4.78 is 10.7. The van der Waals surface area contributed by atoms with E-state index in [-0.39, 0.29) is 52.3 Å². The fourth-order valence-corrected chi connectivity index (χ4v) is 4.84. The van der Waals surface area contributed by atoms with Crippen LogP contribution in [0.3, 0.4) is 0 Å². The van der Waals surface area contributed by atoms with Gasteiger partial charge < -0.3 is 9.47 Å². The minimum absolute atomic E-state index is 0.0345. The van der Waals surface area contributed by atoms with Gasteiger partial charge in [0.05, 0.1) is 35.0 Å². The molecular weight excluding hydrogens is 462 g/mol. The predicted octanol–water partition coefficient (Wildman–Crippen LogP) is 2.84. The van der Waals surface area contributed by atoms with Crippen molar-refractivity contribution in [1.29, 1.82) is 0 Å². The van der Waals surface area contributed by atoms with Crippen molar-refractivity contribution in [3.8, 4) is 17.4 Å². The molecule has 2 aromatic rings. The number of hydrazone groups is 1. The lowest BCUT2D eigenvalue weighted by atomic mass is 9.85. The van der Waals surface area contributed by atoms with Crippen LogP contribution in [0.25, 0.3) is 0 Å². The van der Waals surface area contributed by atoms with Crippen molar-refractivity contribution in [2.24, 2.45) is 28.8 Å². The minimum Gasteiger partial charge on any atom is -0.493 e. The number of pyridine rings is 1. The third-order valence-corrected chi connectivity index (χ3v) is 6.38. The average molecular weight is 479 g/mol. The molecule has 2 heterocycles. The van der Waals surface area contributed by atoms with Crippen molar-refractivity contribution in [1.82, 2.24) is 9.99 Å². The molecule has 13 heteroatoms. The number of nitro benzene ring substituents is 1. The van der Waals surface area contributed by atoms with Crippen LogP contribution in [0, 0.1) is 43.9 Å². The molecule has 35 heavy (non-hydrogen) atoms. The molecule has 1 saturated heterocycles. The lowest BCUT2D eigenvalue weighted by molar-refractivity contribution is -0.385. The second kappa shape index (κ2) is 8.27. The largest absolute Gasteiger partial charge is 0.493 e. The Balaban J connectivity index is 1.43. The maximum Gasteiger partial charge on any atom is 0.316 e. The van der Waals surface area contributed by atoms with Gasteiger partial charge in [-0.1, -0.05) is 12.2 Å². The molecule has 1 saturated carbocycles. The summed E-state index contributed by atoms with van der Waals surface area (Å²) in [6.45, 7) is 0. The van der Waals surface area contributed by atoms with Crippen molar-refractivity contribution in [2.45, 2.75) is 6.42 Å². The fraction of sp³-hybridized carbons (Fsp3) is 0.273. The van der Waals surface area contributed by atoms with Crippen molar-refractivity contribution in [3.05, 3.63) is 68.4 Å². The number of amides is 2. The summed E-state index contributed by atoms with van der Waals surface area (Å²) >= 11 is 0. The molecule has 2 amide bonds. The zero-order valence-corrected chi connectivity index (χ0v) is 18.1. The van der Waals surface area contributed by atoms with Gasteiger partial charge in [0.25, 0.3) is 17.5 Å². The molecule has 13 nitrogen and oxygen atoms in total. The van der Waals surface area contributed by atoms with Crippen LogP contribution in [0.5, 0.6) is 17.4 Å². The molecule has 2 bridgehead atoms. The highest BCUT2D eigenvalue weighted by atomic mass is 16.6. The highest BCUT2D eigenvalue weighted by molar-refractivity contribution is 6.06. The smallest absolute Gasteiger partial charge is 0.316 e. The zero-order valence-electron chi connectivity index (χ0n) is 18.1. The van der Waals surface area contributed by atoms with Crippen molar-refractivity contribution in [3.63, 3.8) is 0 Å². The number of hydrogen-bond acceptors (Lipinski definition) is 10. The molecule has 2 aliphatic carbocycles. The third kappa shape index (κ3) is 3.66. The van der Waals surface area contributed by atoms with Crippen LogP contribution in [-0.2, 0) is 9.59 Å². The Morgan fingerprint density at radius 2 is 1.77 bits per heavy atom. The number of fused-ring (bicyclic) bond motifs is 5. The van der Waals surface area contributed by atoms with Gasteiger partial charge in [-0.15, -0.1) is 0 Å². The van der Waals surface area contributed by atoms with Crippen LogP contribution >= 0.6 is 0 Å². The topological polar surface area (TPSA) is 167 Å². The summed E-state index contributed by atoms with van der Waals surface area (Å²) in [6, 6.07) is 4.86. The number of benzene rings is 1. The highest BCUT2D eigenvalue weighted by Crippen LogP contribution is 2.52. The van der Waals surface area contributed by atoms with E-state index in [9.17, 15) is 29.8 Å². The molecule has 0 radical (unpaired) electrons. The predicted molar refractivity (Wildman–Crippen MR) is 118 cm³/mol. The number of carbonyl (C=O) groups is 2. The number of methoxy groups -OCH3 is 1.